The van der Waals surface area contributed by atoms with Crippen LogP contribution in [-0.2, 0) is 23.7 Å². The predicted octanol–water partition coefficient (Wildman–Crippen LogP) is 9.92. The molecule has 6 rings (SSSR count). The Hall–Kier alpha value is -4.57. The van der Waals surface area contributed by atoms with Gasteiger partial charge >= 0.3 is 11.9 Å². The van der Waals surface area contributed by atoms with Gasteiger partial charge in [-0.25, -0.2) is 9.59 Å². The van der Waals surface area contributed by atoms with Crippen molar-refractivity contribution in [2.75, 3.05) is 27.6 Å². The van der Waals surface area contributed by atoms with Crippen LogP contribution in [0.2, 0.25) is 30.7 Å². The standard InChI is InChI=1S/C53H70O10Si2/c1-37(35-52(2,3)65(56,41-24-16-12-17-25-41)42-26-18-13-19-27-42)21-20-28-45(61-50(54)38-22-14-11-15-23-38)49-47(62-53(4,5)63-49)32-39-31-43(39)44-33-40(58-7)34-46(60-36-57-6)48(44)51(55)59-29-30-64(8,9)10/h11-20,22-28,33-34,37,39,43,45,47,49,56H,21,29-32,35-36H2,1-10H3/b28-20-/t37-,39?,43?,45?,47-,49+/m0/s1. The first kappa shape index (κ1) is 49.9. The van der Waals surface area contributed by atoms with Gasteiger partial charge in [-0.05, 0) is 109 Å². The zero-order valence-corrected chi connectivity index (χ0v) is 42.0. The number of rotatable bonds is 22. The van der Waals surface area contributed by atoms with Gasteiger partial charge in [-0.2, -0.15) is 0 Å². The molecule has 1 saturated carbocycles. The highest BCUT2D eigenvalue weighted by atomic mass is 28.4. The van der Waals surface area contributed by atoms with Gasteiger partial charge in [0.2, 0.25) is 0 Å². The van der Waals surface area contributed by atoms with Crippen LogP contribution < -0.4 is 19.8 Å². The number of ether oxygens (including phenoxy) is 7. The molecule has 0 amide bonds. The average molecular weight is 923 g/mol. The Kier molecular flexibility index (Phi) is 16.4. The maximum atomic E-state index is 13.9. The lowest BCUT2D eigenvalue weighted by Gasteiger charge is -2.42. The molecule has 65 heavy (non-hydrogen) atoms. The number of carbonyl (C=O) groups is 2. The van der Waals surface area contributed by atoms with E-state index in [1.807, 2.05) is 80.6 Å². The van der Waals surface area contributed by atoms with Crippen LogP contribution >= 0.6 is 0 Å². The Morgan fingerprint density at radius 2 is 1.51 bits per heavy atom. The summed E-state index contributed by atoms with van der Waals surface area (Å²) in [5.41, 5.74) is 1.62. The molecule has 0 radical (unpaired) electrons. The van der Waals surface area contributed by atoms with Gasteiger partial charge < -0.3 is 38.0 Å². The van der Waals surface area contributed by atoms with Gasteiger partial charge in [-0.1, -0.05) is 125 Å². The molecule has 2 aliphatic rings. The molecule has 1 aliphatic carbocycles. The van der Waals surface area contributed by atoms with Crippen molar-refractivity contribution in [2.24, 2.45) is 11.8 Å². The number of hydrogen-bond acceptors (Lipinski definition) is 10. The molecule has 2 fully saturated rings. The SMILES string of the molecule is COCOc1cc(OC)cc(C2CC2C[C@@H]2OC(C)(C)O[C@@H]2C(/C=C\C[C@H](C)CC(C)(C)[Si](O)(c2ccccc2)c2ccccc2)OC(=O)c2ccccc2)c1C(=O)OCC[Si](C)(C)C. The fraction of sp³-hybridized carbons (Fsp3) is 0.472. The third-order valence-electron chi connectivity index (χ3n) is 12.7. The highest BCUT2D eigenvalue weighted by Gasteiger charge is 2.52. The molecule has 0 spiro atoms. The van der Waals surface area contributed by atoms with E-state index in [1.54, 1.807) is 25.3 Å². The van der Waals surface area contributed by atoms with E-state index in [-0.39, 0.29) is 24.5 Å². The Labute approximate surface area is 388 Å². The molecule has 12 heteroatoms. The Balaban J connectivity index is 1.24. The summed E-state index contributed by atoms with van der Waals surface area (Å²) < 4.78 is 42.4. The first-order valence-electron chi connectivity index (χ1n) is 23.0. The number of methoxy groups -OCH3 is 2. The molecule has 1 aliphatic heterocycles. The van der Waals surface area contributed by atoms with Gasteiger partial charge in [0.1, 0.15) is 29.3 Å². The van der Waals surface area contributed by atoms with Crippen LogP contribution in [0.5, 0.6) is 11.5 Å². The van der Waals surface area contributed by atoms with Gasteiger partial charge in [0.15, 0.2) is 12.6 Å². The Bertz CT molecular complexity index is 2170. The molecular formula is C53H70O10Si2. The number of esters is 2. The third kappa shape index (κ3) is 12.7. The highest BCUT2D eigenvalue weighted by molar-refractivity contribution is 6.98. The van der Waals surface area contributed by atoms with Gasteiger partial charge in [-0.3, -0.25) is 0 Å². The van der Waals surface area contributed by atoms with E-state index in [1.165, 1.54) is 7.11 Å². The molecule has 4 aromatic carbocycles. The van der Waals surface area contributed by atoms with Crippen molar-refractivity contribution in [1.29, 1.82) is 0 Å². The lowest BCUT2D eigenvalue weighted by molar-refractivity contribution is -0.153. The van der Waals surface area contributed by atoms with Crippen molar-refractivity contribution in [3.63, 3.8) is 0 Å². The molecule has 1 saturated heterocycles. The van der Waals surface area contributed by atoms with Crippen molar-refractivity contribution < 1.29 is 47.5 Å². The normalized spacial score (nSPS) is 20.5. The minimum Gasteiger partial charge on any atom is -0.497 e. The number of carbonyl (C=O) groups excluding carboxylic acids is 2. The zero-order valence-electron chi connectivity index (χ0n) is 40.0. The highest BCUT2D eigenvalue weighted by Crippen LogP contribution is 2.55. The van der Waals surface area contributed by atoms with E-state index >= 15 is 0 Å². The zero-order chi connectivity index (χ0) is 47.0. The first-order chi connectivity index (χ1) is 30.9. The van der Waals surface area contributed by atoms with Crippen molar-refractivity contribution >= 4 is 38.7 Å². The topological polar surface area (TPSA) is 119 Å². The summed E-state index contributed by atoms with van der Waals surface area (Å²) in [7, 11) is -1.54. The van der Waals surface area contributed by atoms with Gasteiger partial charge in [0.25, 0.3) is 8.32 Å². The third-order valence-corrected chi connectivity index (χ3v) is 18.9. The first-order valence-corrected chi connectivity index (χ1v) is 28.6. The van der Waals surface area contributed by atoms with E-state index in [4.69, 9.17) is 33.2 Å². The second kappa shape index (κ2) is 21.4. The molecule has 1 heterocycles. The van der Waals surface area contributed by atoms with Crippen molar-refractivity contribution in [2.45, 2.75) is 121 Å². The van der Waals surface area contributed by atoms with Crippen LogP contribution in [-0.4, -0.2) is 84.8 Å². The molecular weight excluding hydrogens is 853 g/mol. The van der Waals surface area contributed by atoms with E-state index in [0.29, 0.717) is 42.1 Å². The largest absolute Gasteiger partial charge is 0.497 e. The maximum Gasteiger partial charge on any atom is 0.342 e. The smallest absolute Gasteiger partial charge is 0.342 e. The summed E-state index contributed by atoms with van der Waals surface area (Å²) in [5.74, 6) is -0.634. The van der Waals surface area contributed by atoms with Crippen LogP contribution in [0.15, 0.2) is 115 Å². The molecule has 1 N–H and O–H groups in total. The predicted molar refractivity (Wildman–Crippen MR) is 261 cm³/mol. The minimum atomic E-state index is -3.21. The summed E-state index contributed by atoms with van der Waals surface area (Å²) >= 11 is 0. The van der Waals surface area contributed by atoms with Crippen LogP contribution in [0.4, 0.5) is 0 Å². The lowest BCUT2D eigenvalue weighted by Crippen LogP contribution is -2.65. The molecule has 6 atom stereocenters. The number of benzene rings is 4. The minimum absolute atomic E-state index is 0.0125. The molecule has 0 bridgehead atoms. The monoisotopic (exact) mass is 922 g/mol. The Morgan fingerprint density at radius 3 is 2.09 bits per heavy atom. The molecule has 4 aromatic rings. The molecule has 350 valence electrons. The van der Waals surface area contributed by atoms with Crippen molar-refractivity contribution in [3.8, 4) is 11.5 Å². The van der Waals surface area contributed by atoms with Gasteiger partial charge in [0, 0.05) is 21.3 Å². The van der Waals surface area contributed by atoms with Gasteiger partial charge in [0.05, 0.1) is 25.4 Å². The summed E-state index contributed by atoms with van der Waals surface area (Å²) in [4.78, 5) is 40.5. The summed E-state index contributed by atoms with van der Waals surface area (Å²) in [6, 6.07) is 33.6. The molecule has 0 aromatic heterocycles. The quantitative estimate of drug-likeness (QED) is 0.0353. The van der Waals surface area contributed by atoms with Crippen LogP contribution in [0.3, 0.4) is 0 Å². The second-order valence-electron chi connectivity index (χ2n) is 20.1. The van der Waals surface area contributed by atoms with Crippen molar-refractivity contribution in [1.82, 2.24) is 0 Å². The fourth-order valence-electron chi connectivity index (χ4n) is 9.34. The van der Waals surface area contributed by atoms with E-state index in [2.05, 4.69) is 70.8 Å². The summed E-state index contributed by atoms with van der Waals surface area (Å²) in [6.07, 6.45) is 5.03. The number of allylic oxidation sites excluding steroid dienone is 1. The summed E-state index contributed by atoms with van der Waals surface area (Å²) in [6.45, 7) is 17.4. The lowest BCUT2D eigenvalue weighted by atomic mass is 9.94. The van der Waals surface area contributed by atoms with Crippen LogP contribution in [0, 0.1) is 11.8 Å². The van der Waals surface area contributed by atoms with Crippen LogP contribution in [0.1, 0.15) is 92.5 Å². The summed E-state index contributed by atoms with van der Waals surface area (Å²) in [5, 5.41) is 1.54. The van der Waals surface area contributed by atoms with E-state index in [9.17, 15) is 14.4 Å². The average Bonchev–Trinajstić information content (AvgIpc) is 3.97. The van der Waals surface area contributed by atoms with Crippen LogP contribution in [0.25, 0.3) is 0 Å². The van der Waals surface area contributed by atoms with E-state index < -0.39 is 57.5 Å². The number of hydrogen-bond donors (Lipinski definition) is 1. The fourth-order valence-corrected chi connectivity index (χ4v) is 13.9. The van der Waals surface area contributed by atoms with Crippen molar-refractivity contribution in [3.05, 3.63) is 132 Å². The molecule has 3 unspecified atom stereocenters. The second-order valence-corrected chi connectivity index (χ2v) is 29.6. The molecule has 10 nitrogen and oxygen atoms in total. The maximum absolute atomic E-state index is 13.9. The Morgan fingerprint density at radius 1 is 0.892 bits per heavy atom. The van der Waals surface area contributed by atoms with E-state index in [0.717, 1.165) is 34.8 Å². The van der Waals surface area contributed by atoms with Gasteiger partial charge in [-0.15, -0.1) is 0 Å².